The van der Waals surface area contributed by atoms with Crippen LogP contribution in [0.4, 0.5) is 0 Å². The minimum atomic E-state index is 0.485. The molecule has 0 saturated heterocycles. The molecule has 14 heavy (non-hydrogen) atoms. The van der Waals surface area contributed by atoms with Crippen LogP contribution < -0.4 is 0 Å². The van der Waals surface area contributed by atoms with Crippen LogP contribution in [-0.2, 0) is 9.47 Å². The highest BCUT2D eigenvalue weighted by Crippen LogP contribution is 2.24. The summed E-state index contributed by atoms with van der Waals surface area (Å²) in [6, 6.07) is 0. The van der Waals surface area contributed by atoms with E-state index in [0.29, 0.717) is 12.5 Å². The van der Waals surface area contributed by atoms with Crippen molar-refractivity contribution in [2.45, 2.75) is 6.42 Å². The normalized spacial score (nSPS) is 16.4. The lowest BCUT2D eigenvalue weighted by Crippen LogP contribution is -1.95. The molecule has 0 aromatic carbocycles. The van der Waals surface area contributed by atoms with Crippen molar-refractivity contribution in [1.29, 1.82) is 0 Å². The first kappa shape index (κ1) is 11.7. The van der Waals surface area contributed by atoms with Crippen LogP contribution in [0, 0.1) is 0 Å². The summed E-state index contributed by atoms with van der Waals surface area (Å²) in [7, 11) is 1.66. The van der Waals surface area contributed by atoms with Crippen molar-refractivity contribution in [3.8, 4) is 0 Å². The van der Waals surface area contributed by atoms with Gasteiger partial charge in [-0.25, -0.2) is 0 Å². The van der Waals surface area contributed by atoms with Crippen molar-refractivity contribution in [1.82, 2.24) is 0 Å². The van der Waals surface area contributed by atoms with Crippen LogP contribution in [0.2, 0.25) is 0 Å². The maximum Gasteiger partial charge on any atom is 0.133 e. The maximum atomic E-state index is 5.54. The number of alkyl halides is 1. The standard InChI is InChI=1S/C10H12BrClO2/c1-13-8-2-4-9(11)10(5-3-8)14-7-6-12/h3-5H,2,6-7H2,1H3. The van der Waals surface area contributed by atoms with E-state index in [-0.39, 0.29) is 0 Å². The lowest BCUT2D eigenvalue weighted by atomic mass is 10.3. The molecule has 0 aromatic heterocycles. The molecule has 0 radical (unpaired) electrons. The Morgan fingerprint density at radius 1 is 1.50 bits per heavy atom. The zero-order chi connectivity index (χ0) is 10.4. The Labute approximate surface area is 97.3 Å². The molecule has 0 aromatic rings. The highest BCUT2D eigenvalue weighted by atomic mass is 79.9. The van der Waals surface area contributed by atoms with Crippen molar-refractivity contribution < 1.29 is 9.47 Å². The average molecular weight is 280 g/mol. The van der Waals surface area contributed by atoms with Crippen LogP contribution in [0.25, 0.3) is 0 Å². The van der Waals surface area contributed by atoms with Gasteiger partial charge in [-0.1, -0.05) is 6.08 Å². The van der Waals surface area contributed by atoms with Gasteiger partial charge in [-0.15, -0.1) is 11.6 Å². The zero-order valence-corrected chi connectivity index (χ0v) is 10.3. The molecule has 0 saturated carbocycles. The van der Waals surface area contributed by atoms with E-state index >= 15 is 0 Å². The third-order valence-electron chi connectivity index (χ3n) is 1.74. The van der Waals surface area contributed by atoms with Gasteiger partial charge in [0.2, 0.25) is 0 Å². The van der Waals surface area contributed by atoms with E-state index in [1.165, 1.54) is 0 Å². The lowest BCUT2D eigenvalue weighted by Gasteiger charge is -2.06. The van der Waals surface area contributed by atoms with Crippen LogP contribution in [0.15, 0.2) is 34.2 Å². The summed E-state index contributed by atoms with van der Waals surface area (Å²) < 4.78 is 11.5. The molecule has 78 valence electrons. The van der Waals surface area contributed by atoms with Crippen molar-refractivity contribution in [2.75, 3.05) is 19.6 Å². The van der Waals surface area contributed by atoms with Gasteiger partial charge in [0.15, 0.2) is 0 Å². The summed E-state index contributed by atoms with van der Waals surface area (Å²) in [5, 5.41) is 0. The monoisotopic (exact) mass is 278 g/mol. The van der Waals surface area contributed by atoms with Crippen molar-refractivity contribution in [2.24, 2.45) is 0 Å². The molecule has 0 unspecified atom stereocenters. The first-order valence-electron chi connectivity index (χ1n) is 4.27. The van der Waals surface area contributed by atoms with Gasteiger partial charge in [0.05, 0.1) is 23.2 Å². The summed E-state index contributed by atoms with van der Waals surface area (Å²) in [4.78, 5) is 0. The summed E-state index contributed by atoms with van der Waals surface area (Å²) in [5.41, 5.74) is 0. The SMILES string of the molecule is COC1=CC=C(OCCCl)C(Br)=CC1. The summed E-state index contributed by atoms with van der Waals surface area (Å²) >= 11 is 8.97. The van der Waals surface area contributed by atoms with Gasteiger partial charge in [0.1, 0.15) is 12.4 Å². The topological polar surface area (TPSA) is 18.5 Å². The van der Waals surface area contributed by atoms with Gasteiger partial charge in [0.25, 0.3) is 0 Å². The van der Waals surface area contributed by atoms with Crippen molar-refractivity contribution in [3.05, 3.63) is 34.2 Å². The van der Waals surface area contributed by atoms with Gasteiger partial charge in [-0.3, -0.25) is 0 Å². The molecule has 0 aliphatic heterocycles. The van der Waals surface area contributed by atoms with Crippen LogP contribution in [0.5, 0.6) is 0 Å². The second kappa shape index (κ2) is 6.14. The summed E-state index contributed by atoms with van der Waals surface area (Å²) in [6.45, 7) is 0.506. The molecule has 1 aliphatic carbocycles. The Bertz CT molecular complexity index is 282. The maximum absolute atomic E-state index is 5.54. The predicted octanol–water partition coefficient (Wildman–Crippen LogP) is 3.34. The third kappa shape index (κ3) is 3.39. The number of allylic oxidation sites excluding steroid dienone is 4. The fraction of sp³-hybridized carbons (Fsp3) is 0.400. The van der Waals surface area contributed by atoms with Crippen LogP contribution in [-0.4, -0.2) is 19.6 Å². The Hall–Kier alpha value is -0.410. The molecule has 0 spiro atoms. The summed E-state index contributed by atoms with van der Waals surface area (Å²) in [5.74, 6) is 2.18. The number of hydrogen-bond donors (Lipinski definition) is 0. The molecule has 0 atom stereocenters. The number of hydrogen-bond acceptors (Lipinski definition) is 2. The first-order chi connectivity index (χ1) is 6.77. The van der Waals surface area contributed by atoms with Gasteiger partial charge >= 0.3 is 0 Å². The first-order valence-corrected chi connectivity index (χ1v) is 5.60. The highest BCUT2D eigenvalue weighted by Gasteiger charge is 2.06. The second-order valence-corrected chi connectivity index (χ2v) is 3.89. The molecule has 2 nitrogen and oxygen atoms in total. The molecule has 0 amide bonds. The Morgan fingerprint density at radius 2 is 2.29 bits per heavy atom. The predicted molar refractivity (Wildman–Crippen MR) is 61.5 cm³/mol. The van der Waals surface area contributed by atoms with E-state index < -0.39 is 0 Å². The molecule has 0 bridgehead atoms. The number of rotatable bonds is 4. The molecular weight excluding hydrogens is 267 g/mol. The van der Waals surface area contributed by atoms with Gasteiger partial charge < -0.3 is 9.47 Å². The fourth-order valence-electron chi connectivity index (χ4n) is 1.02. The minimum Gasteiger partial charge on any atom is -0.501 e. The van der Waals surface area contributed by atoms with Crippen LogP contribution >= 0.6 is 27.5 Å². The fourth-order valence-corrected chi connectivity index (χ4v) is 1.51. The van der Waals surface area contributed by atoms with Crippen LogP contribution in [0.3, 0.4) is 0 Å². The van der Waals surface area contributed by atoms with E-state index in [1.807, 2.05) is 18.2 Å². The molecule has 1 aliphatic rings. The number of methoxy groups -OCH3 is 1. The molecule has 4 heteroatoms. The van der Waals surface area contributed by atoms with Crippen molar-refractivity contribution in [3.63, 3.8) is 0 Å². The van der Waals surface area contributed by atoms with Gasteiger partial charge in [-0.2, -0.15) is 0 Å². The van der Waals surface area contributed by atoms with Gasteiger partial charge in [-0.05, 0) is 28.1 Å². The van der Waals surface area contributed by atoms with Gasteiger partial charge in [0, 0.05) is 6.42 Å². The van der Waals surface area contributed by atoms with Crippen molar-refractivity contribution >= 4 is 27.5 Å². The van der Waals surface area contributed by atoms with Crippen LogP contribution in [0.1, 0.15) is 6.42 Å². The Morgan fingerprint density at radius 3 is 2.93 bits per heavy atom. The zero-order valence-electron chi connectivity index (χ0n) is 7.93. The second-order valence-electron chi connectivity index (χ2n) is 2.66. The molecule has 0 heterocycles. The summed E-state index contributed by atoms with van der Waals surface area (Å²) in [6.07, 6.45) is 6.54. The largest absolute Gasteiger partial charge is 0.501 e. The van der Waals surface area contributed by atoms with E-state index in [4.69, 9.17) is 21.1 Å². The molecular formula is C10H12BrClO2. The van der Waals surface area contributed by atoms with E-state index in [2.05, 4.69) is 15.9 Å². The third-order valence-corrected chi connectivity index (χ3v) is 2.60. The quantitative estimate of drug-likeness (QED) is 0.735. The minimum absolute atomic E-state index is 0.485. The van der Waals surface area contributed by atoms with E-state index in [1.54, 1.807) is 7.11 Å². The Kier molecular flexibility index (Phi) is 5.12. The lowest BCUT2D eigenvalue weighted by molar-refractivity contribution is 0.243. The van der Waals surface area contributed by atoms with E-state index in [9.17, 15) is 0 Å². The Balaban J connectivity index is 2.70. The average Bonchev–Trinajstić information content (AvgIpc) is 2.38. The number of ether oxygens (including phenoxy) is 2. The smallest absolute Gasteiger partial charge is 0.133 e. The molecule has 0 fully saturated rings. The number of halogens is 2. The molecule has 0 N–H and O–H groups in total. The van der Waals surface area contributed by atoms with E-state index in [0.717, 1.165) is 22.4 Å². The molecule has 1 rings (SSSR count). The highest BCUT2D eigenvalue weighted by molar-refractivity contribution is 9.11.